The third kappa shape index (κ3) is 3.75. The maximum absolute atomic E-state index is 12.4. The SMILES string of the molecule is O=C(CCC(=O)c1ccc(-c2ccccc2)cc1)ON1C(=O)c2ccccc2C1=O. The number of rotatable bonds is 6. The number of carbonyl (C=O) groups is 4. The minimum Gasteiger partial charge on any atom is -0.330 e. The van der Waals surface area contributed by atoms with E-state index in [1.807, 2.05) is 42.5 Å². The van der Waals surface area contributed by atoms with Gasteiger partial charge >= 0.3 is 5.97 Å². The van der Waals surface area contributed by atoms with Gasteiger partial charge in [0.15, 0.2) is 5.78 Å². The number of benzene rings is 3. The fourth-order valence-electron chi connectivity index (χ4n) is 3.24. The lowest BCUT2D eigenvalue weighted by Gasteiger charge is -2.12. The van der Waals surface area contributed by atoms with E-state index in [1.165, 1.54) is 12.1 Å². The van der Waals surface area contributed by atoms with Crippen LogP contribution in [0.3, 0.4) is 0 Å². The summed E-state index contributed by atoms with van der Waals surface area (Å²) >= 11 is 0. The summed E-state index contributed by atoms with van der Waals surface area (Å²) in [6, 6.07) is 23.1. The molecule has 1 aliphatic rings. The Balaban J connectivity index is 1.34. The predicted octanol–water partition coefficient (Wildman–Crippen LogP) is 4.07. The molecule has 1 heterocycles. The number of hydrogen-bond donors (Lipinski definition) is 0. The molecular weight excluding hydrogens is 382 g/mol. The van der Waals surface area contributed by atoms with Gasteiger partial charge in [0.05, 0.1) is 17.5 Å². The molecule has 0 bridgehead atoms. The van der Waals surface area contributed by atoms with Gasteiger partial charge in [-0.15, -0.1) is 0 Å². The van der Waals surface area contributed by atoms with Gasteiger partial charge in [0.25, 0.3) is 11.8 Å². The molecule has 0 unspecified atom stereocenters. The first kappa shape index (κ1) is 19.3. The lowest BCUT2D eigenvalue weighted by molar-refractivity contribution is -0.168. The molecule has 1 aliphatic heterocycles. The van der Waals surface area contributed by atoms with Crippen molar-refractivity contribution in [2.45, 2.75) is 12.8 Å². The number of ketones is 1. The fourth-order valence-corrected chi connectivity index (χ4v) is 3.24. The normalized spacial score (nSPS) is 12.6. The molecule has 0 saturated heterocycles. The predicted molar refractivity (Wildman–Crippen MR) is 108 cm³/mol. The second-order valence-electron chi connectivity index (χ2n) is 6.78. The maximum Gasteiger partial charge on any atom is 0.333 e. The monoisotopic (exact) mass is 399 g/mol. The first-order chi connectivity index (χ1) is 14.5. The van der Waals surface area contributed by atoms with Crippen molar-refractivity contribution >= 4 is 23.6 Å². The average molecular weight is 399 g/mol. The van der Waals surface area contributed by atoms with Crippen LogP contribution in [0, 0.1) is 0 Å². The average Bonchev–Trinajstić information content (AvgIpc) is 3.03. The van der Waals surface area contributed by atoms with Crippen molar-refractivity contribution in [3.05, 3.63) is 95.6 Å². The van der Waals surface area contributed by atoms with Gasteiger partial charge in [-0.05, 0) is 23.3 Å². The number of amides is 2. The minimum atomic E-state index is -0.821. The number of fused-ring (bicyclic) bond motifs is 1. The quantitative estimate of drug-likeness (QED) is 0.461. The van der Waals surface area contributed by atoms with Crippen LogP contribution in [0.5, 0.6) is 0 Å². The summed E-state index contributed by atoms with van der Waals surface area (Å²) in [5.41, 5.74) is 2.87. The standard InChI is InChI=1S/C24H17NO5/c26-21(18-12-10-17(11-13-18)16-6-2-1-3-7-16)14-15-22(27)30-25-23(28)19-8-4-5-9-20(19)24(25)29/h1-13H,14-15H2. The molecule has 6 nitrogen and oxygen atoms in total. The van der Waals surface area contributed by atoms with Gasteiger partial charge in [-0.25, -0.2) is 4.79 Å². The molecule has 3 aromatic rings. The van der Waals surface area contributed by atoms with Crippen LogP contribution in [0.25, 0.3) is 11.1 Å². The van der Waals surface area contributed by atoms with E-state index in [1.54, 1.807) is 24.3 Å². The van der Waals surface area contributed by atoms with Crippen molar-refractivity contribution in [2.24, 2.45) is 0 Å². The third-order valence-electron chi connectivity index (χ3n) is 4.82. The first-order valence-electron chi connectivity index (χ1n) is 9.42. The van der Waals surface area contributed by atoms with Gasteiger partial charge in [0.1, 0.15) is 0 Å². The Hall–Kier alpha value is -4.06. The van der Waals surface area contributed by atoms with Gasteiger partial charge in [-0.1, -0.05) is 71.8 Å². The van der Waals surface area contributed by atoms with Crippen LogP contribution in [0.2, 0.25) is 0 Å². The van der Waals surface area contributed by atoms with E-state index < -0.39 is 17.8 Å². The molecular formula is C24H17NO5. The molecule has 0 fully saturated rings. The summed E-state index contributed by atoms with van der Waals surface area (Å²) in [5, 5.41) is 0.451. The number of imide groups is 1. The molecule has 0 atom stereocenters. The van der Waals surface area contributed by atoms with Gasteiger partial charge in [0, 0.05) is 12.0 Å². The van der Waals surface area contributed by atoms with Gasteiger partial charge in [-0.3, -0.25) is 14.4 Å². The van der Waals surface area contributed by atoms with Gasteiger partial charge in [-0.2, -0.15) is 0 Å². The van der Waals surface area contributed by atoms with E-state index in [0.717, 1.165) is 11.1 Å². The second kappa shape index (κ2) is 8.13. The molecule has 0 spiro atoms. The number of nitrogens with zero attached hydrogens (tertiary/aromatic N) is 1. The van der Waals surface area contributed by atoms with E-state index in [4.69, 9.17) is 4.84 Å². The zero-order valence-corrected chi connectivity index (χ0v) is 15.9. The molecule has 0 saturated carbocycles. The third-order valence-corrected chi connectivity index (χ3v) is 4.82. The lowest BCUT2D eigenvalue weighted by Crippen LogP contribution is -2.32. The van der Waals surface area contributed by atoms with Gasteiger partial charge < -0.3 is 4.84 Å². The molecule has 30 heavy (non-hydrogen) atoms. The minimum absolute atomic E-state index is 0.0906. The zero-order valence-electron chi connectivity index (χ0n) is 15.9. The Morgan fingerprint density at radius 1 is 0.667 bits per heavy atom. The van der Waals surface area contributed by atoms with Crippen molar-refractivity contribution < 1.29 is 24.0 Å². The molecule has 3 aromatic carbocycles. The summed E-state index contributed by atoms with van der Waals surface area (Å²) in [7, 11) is 0. The Bertz CT molecular complexity index is 1100. The van der Waals surface area contributed by atoms with Crippen LogP contribution < -0.4 is 0 Å². The van der Waals surface area contributed by atoms with E-state index in [9.17, 15) is 19.2 Å². The highest BCUT2D eigenvalue weighted by Crippen LogP contribution is 2.23. The van der Waals surface area contributed by atoms with Crippen molar-refractivity contribution in [3.63, 3.8) is 0 Å². The Morgan fingerprint density at radius 3 is 1.80 bits per heavy atom. The van der Waals surface area contributed by atoms with E-state index in [2.05, 4.69) is 0 Å². The summed E-state index contributed by atoms with van der Waals surface area (Å²) in [6.07, 6.45) is -0.334. The maximum atomic E-state index is 12.4. The molecule has 0 aliphatic carbocycles. The van der Waals surface area contributed by atoms with Crippen LogP contribution in [-0.2, 0) is 9.63 Å². The van der Waals surface area contributed by atoms with E-state index >= 15 is 0 Å². The molecule has 0 N–H and O–H groups in total. The Labute approximate surface area is 172 Å². The van der Waals surface area contributed by atoms with Crippen LogP contribution in [0.1, 0.15) is 43.9 Å². The van der Waals surface area contributed by atoms with E-state index in [-0.39, 0.29) is 29.8 Å². The number of carbonyl (C=O) groups excluding carboxylic acids is 4. The number of Topliss-reactive ketones (excluding diaryl/α,β-unsaturated/α-hetero) is 1. The highest BCUT2D eigenvalue weighted by atomic mass is 16.7. The van der Waals surface area contributed by atoms with Crippen molar-refractivity contribution in [2.75, 3.05) is 0 Å². The Morgan fingerprint density at radius 2 is 1.20 bits per heavy atom. The molecule has 6 heteroatoms. The summed E-state index contributed by atoms with van der Waals surface area (Å²) in [6.45, 7) is 0. The van der Waals surface area contributed by atoms with Crippen molar-refractivity contribution in [1.29, 1.82) is 0 Å². The topological polar surface area (TPSA) is 80.8 Å². The van der Waals surface area contributed by atoms with Crippen molar-refractivity contribution in [1.82, 2.24) is 5.06 Å². The van der Waals surface area contributed by atoms with Crippen LogP contribution in [0.15, 0.2) is 78.9 Å². The second-order valence-corrected chi connectivity index (χ2v) is 6.78. The molecule has 4 rings (SSSR count). The first-order valence-corrected chi connectivity index (χ1v) is 9.42. The van der Waals surface area contributed by atoms with E-state index in [0.29, 0.717) is 10.6 Å². The molecule has 0 aromatic heterocycles. The van der Waals surface area contributed by atoms with Crippen molar-refractivity contribution in [3.8, 4) is 11.1 Å². The molecule has 0 radical (unpaired) electrons. The van der Waals surface area contributed by atoms with Gasteiger partial charge in [0.2, 0.25) is 0 Å². The lowest BCUT2D eigenvalue weighted by atomic mass is 10.0. The highest BCUT2D eigenvalue weighted by Gasteiger charge is 2.38. The largest absolute Gasteiger partial charge is 0.333 e. The molecule has 2 amide bonds. The highest BCUT2D eigenvalue weighted by molar-refractivity contribution is 6.20. The summed E-state index contributed by atoms with van der Waals surface area (Å²) in [5.74, 6) is -2.42. The number of hydroxylamine groups is 2. The fraction of sp³-hybridized carbons (Fsp3) is 0.0833. The Kier molecular flexibility index (Phi) is 5.22. The smallest absolute Gasteiger partial charge is 0.330 e. The van der Waals surface area contributed by atoms with Crippen LogP contribution in [0.4, 0.5) is 0 Å². The summed E-state index contributed by atoms with van der Waals surface area (Å²) in [4.78, 5) is 53.8. The number of hydrogen-bond acceptors (Lipinski definition) is 5. The molecule has 148 valence electrons. The summed E-state index contributed by atoms with van der Waals surface area (Å²) < 4.78 is 0. The zero-order chi connectivity index (χ0) is 21.1. The van der Waals surface area contributed by atoms with Crippen LogP contribution in [-0.4, -0.2) is 28.6 Å². The van der Waals surface area contributed by atoms with Crippen LogP contribution >= 0.6 is 0 Å².